The second-order valence-electron chi connectivity index (χ2n) is 3.15. The number of aromatic carboxylic acids is 1. The van der Waals surface area contributed by atoms with Crippen LogP contribution in [0.25, 0.3) is 0 Å². The highest BCUT2D eigenvalue weighted by Gasteiger charge is 2.40. The minimum atomic E-state index is -4.19. The Hall–Kier alpha value is -1.86. The Kier molecular flexibility index (Phi) is 3.87. The molecule has 0 fully saturated rings. The Bertz CT molecular complexity index is 412. The molecule has 1 aromatic rings. The van der Waals surface area contributed by atoms with Crippen LogP contribution in [0.2, 0.25) is 0 Å². The first-order chi connectivity index (χ1) is 7.83. The van der Waals surface area contributed by atoms with Gasteiger partial charge in [0.15, 0.2) is 0 Å². The smallest absolute Gasteiger partial charge is 0.335 e. The fourth-order valence-electron chi connectivity index (χ4n) is 0.946. The fraction of sp³-hybridized carbons (Fsp3) is 0.333. The SMILES string of the molecule is O=C(O)c1ccnc(NCC(F)(F)C(F)F)c1. The molecular formula is C9H8F4N2O2. The van der Waals surface area contributed by atoms with Crippen LogP contribution in [-0.2, 0) is 0 Å². The van der Waals surface area contributed by atoms with Crippen molar-refractivity contribution in [2.24, 2.45) is 0 Å². The number of halogens is 4. The standard InChI is InChI=1S/C9H8F4N2O2/c10-8(11)9(12,13)4-15-6-3-5(7(16)17)1-2-14-6/h1-3,8H,4H2,(H,14,15)(H,16,17). The predicted molar refractivity (Wildman–Crippen MR) is 50.6 cm³/mol. The number of anilines is 1. The molecule has 17 heavy (non-hydrogen) atoms. The number of carboxylic acids is 1. The number of alkyl halides is 4. The average molecular weight is 252 g/mol. The summed E-state index contributed by atoms with van der Waals surface area (Å²) in [6.07, 6.45) is -2.72. The van der Waals surface area contributed by atoms with Crippen molar-refractivity contribution in [3.8, 4) is 0 Å². The number of hydrogen-bond donors (Lipinski definition) is 2. The van der Waals surface area contributed by atoms with E-state index < -0.39 is 24.9 Å². The quantitative estimate of drug-likeness (QED) is 0.788. The van der Waals surface area contributed by atoms with E-state index >= 15 is 0 Å². The molecule has 1 heterocycles. The molecule has 0 aliphatic rings. The van der Waals surface area contributed by atoms with Crippen molar-refractivity contribution in [2.75, 3.05) is 11.9 Å². The molecule has 8 heteroatoms. The maximum absolute atomic E-state index is 12.5. The van der Waals surface area contributed by atoms with Crippen LogP contribution in [0.5, 0.6) is 0 Å². The van der Waals surface area contributed by atoms with E-state index in [4.69, 9.17) is 5.11 Å². The van der Waals surface area contributed by atoms with E-state index in [1.807, 2.05) is 5.32 Å². The number of aromatic nitrogens is 1. The third-order valence-electron chi connectivity index (χ3n) is 1.83. The molecule has 0 atom stereocenters. The fourth-order valence-corrected chi connectivity index (χ4v) is 0.946. The molecule has 0 unspecified atom stereocenters. The van der Waals surface area contributed by atoms with Crippen molar-refractivity contribution in [3.05, 3.63) is 23.9 Å². The number of carboxylic acid groups (broad SMARTS) is 1. The molecule has 0 amide bonds. The van der Waals surface area contributed by atoms with E-state index in [9.17, 15) is 22.4 Å². The summed E-state index contributed by atoms with van der Waals surface area (Å²) >= 11 is 0. The lowest BCUT2D eigenvalue weighted by Gasteiger charge is -2.16. The Morgan fingerprint density at radius 1 is 1.53 bits per heavy atom. The number of nitrogens with zero attached hydrogens (tertiary/aromatic N) is 1. The monoisotopic (exact) mass is 252 g/mol. The second kappa shape index (κ2) is 4.98. The van der Waals surface area contributed by atoms with Gasteiger partial charge >= 0.3 is 18.3 Å². The number of carbonyl (C=O) groups is 1. The Labute approximate surface area is 93.3 Å². The minimum absolute atomic E-state index is 0.178. The van der Waals surface area contributed by atoms with Crippen LogP contribution in [0.1, 0.15) is 10.4 Å². The molecule has 4 nitrogen and oxygen atoms in total. The number of hydrogen-bond acceptors (Lipinski definition) is 3. The summed E-state index contributed by atoms with van der Waals surface area (Å²) < 4.78 is 48.7. The van der Waals surface area contributed by atoms with Crippen molar-refractivity contribution < 1.29 is 27.5 Å². The molecule has 94 valence electrons. The molecule has 0 spiro atoms. The van der Waals surface area contributed by atoms with E-state index in [-0.39, 0.29) is 11.4 Å². The highest BCUT2D eigenvalue weighted by atomic mass is 19.3. The summed E-state index contributed by atoms with van der Waals surface area (Å²) in [4.78, 5) is 14.1. The van der Waals surface area contributed by atoms with Crippen LogP contribution >= 0.6 is 0 Å². The number of pyridine rings is 1. The molecule has 1 aromatic heterocycles. The van der Waals surface area contributed by atoms with Gasteiger partial charge in [-0.1, -0.05) is 0 Å². The summed E-state index contributed by atoms with van der Waals surface area (Å²) in [6.45, 7) is -1.32. The topological polar surface area (TPSA) is 62.2 Å². The summed E-state index contributed by atoms with van der Waals surface area (Å²) in [5.41, 5.74) is -0.178. The van der Waals surface area contributed by atoms with Crippen LogP contribution in [0.15, 0.2) is 18.3 Å². The zero-order chi connectivity index (χ0) is 13.1. The normalized spacial score (nSPS) is 11.6. The summed E-state index contributed by atoms with van der Waals surface area (Å²) in [5, 5.41) is 10.6. The highest BCUT2D eigenvalue weighted by Crippen LogP contribution is 2.23. The maximum Gasteiger partial charge on any atom is 0.335 e. The van der Waals surface area contributed by atoms with Gasteiger partial charge in [-0.15, -0.1) is 0 Å². The molecule has 0 saturated carbocycles. The van der Waals surface area contributed by atoms with Crippen LogP contribution < -0.4 is 5.32 Å². The molecule has 0 radical (unpaired) electrons. The molecule has 0 aromatic carbocycles. The largest absolute Gasteiger partial charge is 0.478 e. The molecule has 2 N–H and O–H groups in total. The Morgan fingerprint density at radius 2 is 2.18 bits per heavy atom. The lowest BCUT2D eigenvalue weighted by molar-refractivity contribution is -0.117. The lowest BCUT2D eigenvalue weighted by atomic mass is 10.2. The van der Waals surface area contributed by atoms with Gasteiger partial charge in [-0.25, -0.2) is 18.6 Å². The van der Waals surface area contributed by atoms with Gasteiger partial charge < -0.3 is 10.4 Å². The van der Waals surface area contributed by atoms with Crippen LogP contribution in [-0.4, -0.2) is 35.0 Å². The summed E-state index contributed by atoms with van der Waals surface area (Å²) in [5.74, 6) is -5.66. The second-order valence-corrected chi connectivity index (χ2v) is 3.15. The third kappa shape index (κ3) is 3.58. The molecule has 1 rings (SSSR count). The molecule has 0 saturated heterocycles. The third-order valence-corrected chi connectivity index (χ3v) is 1.83. The lowest BCUT2D eigenvalue weighted by Crippen LogP contribution is -2.35. The Morgan fingerprint density at radius 3 is 2.71 bits per heavy atom. The van der Waals surface area contributed by atoms with Crippen molar-refractivity contribution >= 4 is 11.8 Å². The molecule has 0 aliphatic heterocycles. The summed E-state index contributed by atoms with van der Waals surface area (Å²) in [6, 6.07) is 2.13. The number of rotatable bonds is 5. The molecule has 0 bridgehead atoms. The van der Waals surface area contributed by atoms with Gasteiger partial charge in [-0.05, 0) is 12.1 Å². The van der Waals surface area contributed by atoms with Crippen LogP contribution in [0.4, 0.5) is 23.4 Å². The van der Waals surface area contributed by atoms with Crippen molar-refractivity contribution in [1.29, 1.82) is 0 Å². The van der Waals surface area contributed by atoms with Crippen molar-refractivity contribution in [2.45, 2.75) is 12.3 Å². The zero-order valence-electron chi connectivity index (χ0n) is 8.33. The minimum Gasteiger partial charge on any atom is -0.478 e. The predicted octanol–water partition coefficient (Wildman–Crippen LogP) is 2.09. The van der Waals surface area contributed by atoms with Gasteiger partial charge in [0.25, 0.3) is 0 Å². The molecule has 0 aliphatic carbocycles. The van der Waals surface area contributed by atoms with E-state index in [0.29, 0.717) is 0 Å². The summed E-state index contributed by atoms with van der Waals surface area (Å²) in [7, 11) is 0. The van der Waals surface area contributed by atoms with E-state index in [2.05, 4.69) is 4.98 Å². The van der Waals surface area contributed by atoms with E-state index in [0.717, 1.165) is 18.3 Å². The number of nitrogens with one attached hydrogen (secondary N) is 1. The first kappa shape index (κ1) is 13.2. The Balaban J connectivity index is 2.70. The van der Waals surface area contributed by atoms with Crippen molar-refractivity contribution in [1.82, 2.24) is 4.98 Å². The van der Waals surface area contributed by atoms with Gasteiger partial charge in [-0.2, -0.15) is 8.78 Å². The van der Waals surface area contributed by atoms with Gasteiger partial charge in [0.1, 0.15) is 5.82 Å². The first-order valence-electron chi connectivity index (χ1n) is 4.42. The maximum atomic E-state index is 12.5. The van der Waals surface area contributed by atoms with E-state index in [1.54, 1.807) is 0 Å². The average Bonchev–Trinajstić information content (AvgIpc) is 2.26. The van der Waals surface area contributed by atoms with Gasteiger partial charge in [0.05, 0.1) is 12.1 Å². The molecular weight excluding hydrogens is 244 g/mol. The highest BCUT2D eigenvalue weighted by molar-refractivity contribution is 5.88. The van der Waals surface area contributed by atoms with Crippen LogP contribution in [0.3, 0.4) is 0 Å². The first-order valence-corrected chi connectivity index (χ1v) is 4.42. The zero-order valence-corrected chi connectivity index (χ0v) is 8.33. The van der Waals surface area contributed by atoms with Crippen molar-refractivity contribution in [3.63, 3.8) is 0 Å². The van der Waals surface area contributed by atoms with Gasteiger partial charge in [0.2, 0.25) is 0 Å². The van der Waals surface area contributed by atoms with E-state index in [1.165, 1.54) is 0 Å². The van der Waals surface area contributed by atoms with Gasteiger partial charge in [-0.3, -0.25) is 0 Å². The van der Waals surface area contributed by atoms with Crippen LogP contribution in [0, 0.1) is 0 Å². The van der Waals surface area contributed by atoms with Gasteiger partial charge in [0, 0.05) is 6.20 Å².